The number of ether oxygens (including phenoxy) is 1. The van der Waals surface area contributed by atoms with E-state index in [0.29, 0.717) is 16.6 Å². The van der Waals surface area contributed by atoms with Crippen molar-refractivity contribution in [1.29, 1.82) is 0 Å². The molecule has 0 aliphatic carbocycles. The second-order valence-electron chi connectivity index (χ2n) is 4.56. The zero-order valence-electron chi connectivity index (χ0n) is 12.1. The second kappa shape index (κ2) is 7.31. The molecule has 0 unspecified atom stereocenters. The first-order valence-electron chi connectivity index (χ1n) is 6.64. The molecule has 0 aliphatic rings. The topological polar surface area (TPSA) is 64.1 Å². The number of benzene rings is 1. The van der Waals surface area contributed by atoms with Crippen molar-refractivity contribution in [1.82, 2.24) is 10.2 Å². The molecule has 23 heavy (non-hydrogen) atoms. The van der Waals surface area contributed by atoms with Gasteiger partial charge in [-0.1, -0.05) is 39.4 Å². The van der Waals surface area contributed by atoms with Crippen LogP contribution < -0.4 is 5.32 Å². The molecule has 0 atom stereocenters. The molecule has 2 aromatic heterocycles. The first-order valence-corrected chi connectivity index (χ1v) is 9.07. The molecule has 118 valence electrons. The molecule has 5 nitrogen and oxygen atoms in total. The number of thiophene rings is 1. The number of aromatic nitrogens is 2. The van der Waals surface area contributed by atoms with Crippen molar-refractivity contribution >= 4 is 49.6 Å². The number of nitrogens with one attached hydrogen (secondary N) is 1. The Kier molecular flexibility index (Phi) is 5.16. The summed E-state index contributed by atoms with van der Waals surface area (Å²) in [5.74, 6) is -0.182. The van der Waals surface area contributed by atoms with E-state index in [4.69, 9.17) is 4.74 Å². The highest BCUT2D eigenvalue weighted by molar-refractivity contribution is 9.10. The number of methoxy groups -OCH3 is 1. The van der Waals surface area contributed by atoms with Crippen LogP contribution >= 0.6 is 38.6 Å². The SMILES string of the molecule is COCc1nnc(NC(=O)c2ccc(-c3ccc(Br)cc3)s2)s1. The Morgan fingerprint density at radius 2 is 1.96 bits per heavy atom. The van der Waals surface area contributed by atoms with E-state index < -0.39 is 0 Å². The van der Waals surface area contributed by atoms with Crippen molar-refractivity contribution in [3.05, 3.63) is 50.8 Å². The predicted molar refractivity (Wildman–Crippen MR) is 96.0 cm³/mol. The largest absolute Gasteiger partial charge is 0.377 e. The van der Waals surface area contributed by atoms with Gasteiger partial charge < -0.3 is 4.74 Å². The van der Waals surface area contributed by atoms with E-state index >= 15 is 0 Å². The number of carbonyl (C=O) groups is 1. The molecule has 8 heteroatoms. The van der Waals surface area contributed by atoms with Crippen LogP contribution in [0, 0.1) is 0 Å². The van der Waals surface area contributed by atoms with E-state index in [1.54, 1.807) is 7.11 Å². The Balaban J connectivity index is 1.71. The molecule has 0 aliphatic heterocycles. The van der Waals surface area contributed by atoms with Crippen LogP contribution in [0.1, 0.15) is 14.7 Å². The maximum Gasteiger partial charge on any atom is 0.267 e. The van der Waals surface area contributed by atoms with Gasteiger partial charge in [0.15, 0.2) is 0 Å². The standard InChI is InChI=1S/C15H12BrN3O2S2/c1-21-8-13-18-19-15(23-13)17-14(20)12-7-6-11(22-12)9-2-4-10(16)5-3-9/h2-7H,8H2,1H3,(H,17,19,20). The van der Waals surface area contributed by atoms with Crippen molar-refractivity contribution < 1.29 is 9.53 Å². The Bertz CT molecular complexity index is 814. The number of nitrogens with zero attached hydrogens (tertiary/aromatic N) is 2. The highest BCUT2D eigenvalue weighted by Gasteiger charge is 2.13. The fourth-order valence-electron chi connectivity index (χ4n) is 1.87. The van der Waals surface area contributed by atoms with Gasteiger partial charge in [-0.05, 0) is 29.8 Å². The fraction of sp³-hybridized carbons (Fsp3) is 0.133. The number of halogens is 1. The molecule has 3 aromatic rings. The van der Waals surface area contributed by atoms with E-state index in [2.05, 4.69) is 31.4 Å². The van der Waals surface area contributed by atoms with Crippen LogP contribution in [-0.4, -0.2) is 23.2 Å². The molecule has 0 spiro atoms. The van der Waals surface area contributed by atoms with Gasteiger partial charge in [0.1, 0.15) is 11.6 Å². The molecule has 0 saturated carbocycles. The summed E-state index contributed by atoms with van der Waals surface area (Å²) < 4.78 is 6.01. The molecular formula is C15H12BrN3O2S2. The van der Waals surface area contributed by atoms with Crippen LogP contribution in [0.4, 0.5) is 5.13 Å². The van der Waals surface area contributed by atoms with Gasteiger partial charge >= 0.3 is 0 Å². The number of anilines is 1. The third-order valence-corrected chi connectivity index (χ3v) is 5.39. The summed E-state index contributed by atoms with van der Waals surface area (Å²) in [6.07, 6.45) is 0. The van der Waals surface area contributed by atoms with Crippen LogP contribution in [0.5, 0.6) is 0 Å². The quantitative estimate of drug-likeness (QED) is 0.676. The average Bonchev–Trinajstić information content (AvgIpc) is 3.18. The highest BCUT2D eigenvalue weighted by Crippen LogP contribution is 2.29. The maximum atomic E-state index is 12.3. The van der Waals surface area contributed by atoms with Gasteiger partial charge in [0, 0.05) is 16.5 Å². The molecule has 0 bridgehead atoms. The van der Waals surface area contributed by atoms with Gasteiger partial charge in [-0.25, -0.2) is 0 Å². The Morgan fingerprint density at radius 1 is 1.17 bits per heavy atom. The van der Waals surface area contributed by atoms with Gasteiger partial charge in [0.05, 0.1) is 4.88 Å². The normalized spacial score (nSPS) is 10.7. The number of hydrogen-bond acceptors (Lipinski definition) is 6. The van der Waals surface area contributed by atoms with E-state index in [1.807, 2.05) is 36.4 Å². The Morgan fingerprint density at radius 3 is 2.70 bits per heavy atom. The summed E-state index contributed by atoms with van der Waals surface area (Å²) in [7, 11) is 1.59. The number of carbonyl (C=O) groups excluding carboxylic acids is 1. The van der Waals surface area contributed by atoms with Gasteiger partial charge in [-0.2, -0.15) is 0 Å². The third kappa shape index (κ3) is 4.03. The smallest absolute Gasteiger partial charge is 0.267 e. The zero-order chi connectivity index (χ0) is 16.2. The van der Waals surface area contributed by atoms with E-state index in [-0.39, 0.29) is 5.91 Å². The molecule has 0 fully saturated rings. The lowest BCUT2D eigenvalue weighted by Gasteiger charge is -1.98. The second-order valence-corrected chi connectivity index (χ2v) is 7.62. The minimum Gasteiger partial charge on any atom is -0.377 e. The van der Waals surface area contributed by atoms with Crippen molar-refractivity contribution in [3.63, 3.8) is 0 Å². The van der Waals surface area contributed by atoms with Crippen LogP contribution in [0.15, 0.2) is 40.9 Å². The molecule has 2 heterocycles. The van der Waals surface area contributed by atoms with Crippen molar-refractivity contribution in [3.8, 4) is 10.4 Å². The lowest BCUT2D eigenvalue weighted by Crippen LogP contribution is -2.09. The zero-order valence-corrected chi connectivity index (χ0v) is 15.3. The van der Waals surface area contributed by atoms with Gasteiger partial charge in [0.25, 0.3) is 5.91 Å². The number of hydrogen-bond donors (Lipinski definition) is 1. The van der Waals surface area contributed by atoms with Crippen molar-refractivity contribution in [2.45, 2.75) is 6.61 Å². The molecule has 0 radical (unpaired) electrons. The number of amides is 1. The summed E-state index contributed by atoms with van der Waals surface area (Å²) >= 11 is 6.16. The first kappa shape index (κ1) is 16.3. The summed E-state index contributed by atoms with van der Waals surface area (Å²) in [4.78, 5) is 14.0. The van der Waals surface area contributed by atoms with E-state index in [1.165, 1.54) is 22.7 Å². The lowest BCUT2D eigenvalue weighted by atomic mass is 10.2. The monoisotopic (exact) mass is 409 g/mol. The minimum atomic E-state index is -0.182. The predicted octanol–water partition coefficient (Wildman–Crippen LogP) is 4.43. The van der Waals surface area contributed by atoms with Gasteiger partial charge in [0.2, 0.25) is 5.13 Å². The fourth-order valence-corrected chi connectivity index (χ4v) is 3.75. The molecule has 1 aromatic carbocycles. The van der Waals surface area contributed by atoms with Crippen molar-refractivity contribution in [2.24, 2.45) is 0 Å². The summed E-state index contributed by atoms with van der Waals surface area (Å²) in [5.41, 5.74) is 1.08. The Labute approximate surface area is 149 Å². The summed E-state index contributed by atoms with van der Waals surface area (Å²) in [5, 5.41) is 11.8. The van der Waals surface area contributed by atoms with Gasteiger partial charge in [-0.3, -0.25) is 10.1 Å². The molecule has 1 amide bonds. The maximum absolute atomic E-state index is 12.3. The van der Waals surface area contributed by atoms with Crippen LogP contribution in [-0.2, 0) is 11.3 Å². The summed E-state index contributed by atoms with van der Waals surface area (Å²) in [6.45, 7) is 0.389. The van der Waals surface area contributed by atoms with Crippen LogP contribution in [0.3, 0.4) is 0 Å². The van der Waals surface area contributed by atoms with Gasteiger partial charge in [-0.15, -0.1) is 21.5 Å². The van der Waals surface area contributed by atoms with Crippen LogP contribution in [0.25, 0.3) is 10.4 Å². The van der Waals surface area contributed by atoms with Crippen molar-refractivity contribution in [2.75, 3.05) is 12.4 Å². The minimum absolute atomic E-state index is 0.182. The summed E-state index contributed by atoms with van der Waals surface area (Å²) in [6, 6.07) is 11.7. The number of rotatable bonds is 5. The molecule has 0 saturated heterocycles. The average molecular weight is 410 g/mol. The third-order valence-electron chi connectivity index (χ3n) is 2.91. The van der Waals surface area contributed by atoms with Crippen LogP contribution in [0.2, 0.25) is 0 Å². The Hall–Kier alpha value is -1.61. The van der Waals surface area contributed by atoms with E-state index in [0.717, 1.165) is 19.9 Å². The lowest BCUT2D eigenvalue weighted by molar-refractivity contribution is 0.103. The first-order chi connectivity index (χ1) is 11.2. The molecule has 3 rings (SSSR count). The molecular weight excluding hydrogens is 398 g/mol. The van der Waals surface area contributed by atoms with E-state index in [9.17, 15) is 4.79 Å². The molecule has 1 N–H and O–H groups in total. The highest BCUT2D eigenvalue weighted by atomic mass is 79.9.